The molecule has 16 heavy (non-hydrogen) atoms. The Labute approximate surface area is 98.3 Å². The molecule has 0 atom stereocenters. The molecule has 0 N–H and O–H groups in total. The van der Waals surface area contributed by atoms with Crippen LogP contribution in [0.3, 0.4) is 0 Å². The molecule has 1 rings (SSSR count). The van der Waals surface area contributed by atoms with Crippen LogP contribution in [0.5, 0.6) is 0 Å². The molecule has 1 heterocycles. The van der Waals surface area contributed by atoms with Gasteiger partial charge in [0.25, 0.3) is 0 Å². The maximum absolute atomic E-state index is 12.1. The van der Waals surface area contributed by atoms with Crippen molar-refractivity contribution in [3.05, 3.63) is 0 Å². The maximum atomic E-state index is 12.1. The van der Waals surface area contributed by atoms with Crippen LogP contribution in [0.25, 0.3) is 0 Å². The van der Waals surface area contributed by atoms with Gasteiger partial charge in [-0.15, -0.1) is 0 Å². The largest absolute Gasteiger partial charge is 0.219 e. The Morgan fingerprint density at radius 2 is 1.69 bits per heavy atom. The molecule has 0 aromatic carbocycles. The van der Waals surface area contributed by atoms with Gasteiger partial charge in [-0.05, 0) is 40.5 Å². The van der Waals surface area contributed by atoms with Crippen molar-refractivity contribution in [2.75, 3.05) is 13.1 Å². The third-order valence-electron chi connectivity index (χ3n) is 3.21. The van der Waals surface area contributed by atoms with E-state index in [9.17, 15) is 8.42 Å². The zero-order valence-corrected chi connectivity index (χ0v) is 11.3. The summed E-state index contributed by atoms with van der Waals surface area (Å²) in [4.78, 5) is 0. The molecule has 0 bridgehead atoms. The Balaban J connectivity index is 2.81. The molecule has 4 nitrogen and oxygen atoms in total. The van der Waals surface area contributed by atoms with Crippen LogP contribution in [-0.2, 0) is 10.0 Å². The Bertz CT molecular complexity index is 393. The van der Waals surface area contributed by atoms with Crippen LogP contribution >= 0.6 is 0 Å². The molecule has 0 amide bonds. The molecular weight excluding hydrogens is 224 g/mol. The first-order valence-corrected chi connectivity index (χ1v) is 6.97. The van der Waals surface area contributed by atoms with E-state index in [0.29, 0.717) is 25.9 Å². The summed E-state index contributed by atoms with van der Waals surface area (Å²) in [6.07, 6.45) is 1.25. The molecule has 0 aromatic rings. The van der Waals surface area contributed by atoms with Gasteiger partial charge in [0.15, 0.2) is 0 Å². The van der Waals surface area contributed by atoms with Gasteiger partial charge in [0, 0.05) is 13.1 Å². The minimum absolute atomic E-state index is 0.357. The lowest BCUT2D eigenvalue weighted by molar-refractivity contribution is 0.228. The van der Waals surface area contributed by atoms with E-state index in [-0.39, 0.29) is 5.41 Å². The van der Waals surface area contributed by atoms with Crippen molar-refractivity contribution < 1.29 is 8.42 Å². The molecule has 1 aliphatic rings. The van der Waals surface area contributed by atoms with Gasteiger partial charge in [0.05, 0.1) is 16.2 Å². The number of rotatable bonds is 1. The number of piperidine rings is 1. The minimum Gasteiger partial charge on any atom is -0.212 e. The summed E-state index contributed by atoms with van der Waals surface area (Å²) in [6, 6.07) is 2.27. The lowest BCUT2D eigenvalue weighted by Crippen LogP contribution is -2.48. The first-order chi connectivity index (χ1) is 7.12. The fourth-order valence-electron chi connectivity index (χ4n) is 1.72. The van der Waals surface area contributed by atoms with Crippen LogP contribution in [-0.4, -0.2) is 30.6 Å². The third-order valence-corrected chi connectivity index (χ3v) is 5.80. The van der Waals surface area contributed by atoms with E-state index in [1.807, 2.05) is 6.92 Å². The second kappa shape index (κ2) is 4.01. The highest BCUT2D eigenvalue weighted by atomic mass is 32.2. The van der Waals surface area contributed by atoms with Crippen LogP contribution in [0.15, 0.2) is 0 Å². The molecule has 5 heteroatoms. The average molecular weight is 244 g/mol. The van der Waals surface area contributed by atoms with Crippen molar-refractivity contribution in [1.29, 1.82) is 5.26 Å². The first-order valence-electron chi connectivity index (χ1n) is 5.53. The van der Waals surface area contributed by atoms with Gasteiger partial charge in [-0.2, -0.15) is 5.26 Å². The van der Waals surface area contributed by atoms with E-state index >= 15 is 0 Å². The van der Waals surface area contributed by atoms with Crippen molar-refractivity contribution in [1.82, 2.24) is 4.31 Å². The first kappa shape index (κ1) is 13.5. The Morgan fingerprint density at radius 1 is 1.25 bits per heavy atom. The molecule has 92 valence electrons. The van der Waals surface area contributed by atoms with Crippen molar-refractivity contribution in [3.63, 3.8) is 0 Å². The highest BCUT2D eigenvalue weighted by Gasteiger charge is 2.40. The lowest BCUT2D eigenvalue weighted by Gasteiger charge is -2.37. The standard InChI is InChI=1S/C11H20N2O2S/c1-10(2,3)16(14,15)13-7-5-11(4,9-12)6-8-13/h5-8H2,1-4H3. The predicted molar refractivity (Wildman–Crippen MR) is 63.2 cm³/mol. The quantitative estimate of drug-likeness (QED) is 0.706. The molecule has 0 aliphatic carbocycles. The molecule has 0 spiro atoms. The van der Waals surface area contributed by atoms with Crippen LogP contribution in [0, 0.1) is 16.7 Å². The molecular formula is C11H20N2O2S. The normalized spacial score (nSPS) is 22.7. The van der Waals surface area contributed by atoms with Crippen LogP contribution in [0.4, 0.5) is 0 Å². The molecule has 0 radical (unpaired) electrons. The summed E-state index contributed by atoms with van der Waals surface area (Å²) in [6.45, 7) is 7.95. The van der Waals surface area contributed by atoms with Crippen LogP contribution < -0.4 is 0 Å². The second-order valence-corrected chi connectivity index (χ2v) is 8.38. The van der Waals surface area contributed by atoms with Crippen molar-refractivity contribution in [3.8, 4) is 6.07 Å². The summed E-state index contributed by atoms with van der Waals surface area (Å²) in [5, 5.41) is 8.98. The maximum Gasteiger partial charge on any atom is 0.219 e. The Morgan fingerprint density at radius 3 is 2.00 bits per heavy atom. The molecule has 1 fully saturated rings. The summed E-state index contributed by atoms with van der Waals surface area (Å²) >= 11 is 0. The van der Waals surface area contributed by atoms with Gasteiger partial charge in [-0.1, -0.05) is 0 Å². The van der Waals surface area contributed by atoms with E-state index in [1.54, 1.807) is 20.8 Å². The fraction of sp³-hybridized carbons (Fsp3) is 0.909. The van der Waals surface area contributed by atoms with E-state index in [4.69, 9.17) is 5.26 Å². The van der Waals surface area contributed by atoms with E-state index in [2.05, 4.69) is 6.07 Å². The van der Waals surface area contributed by atoms with E-state index in [1.165, 1.54) is 4.31 Å². The van der Waals surface area contributed by atoms with Gasteiger partial charge in [0.1, 0.15) is 0 Å². The number of hydrogen-bond acceptors (Lipinski definition) is 3. The van der Waals surface area contributed by atoms with Crippen molar-refractivity contribution in [2.24, 2.45) is 5.41 Å². The molecule has 1 saturated heterocycles. The summed E-state index contributed by atoms with van der Waals surface area (Å²) in [5.41, 5.74) is -0.357. The molecule has 1 aliphatic heterocycles. The monoisotopic (exact) mass is 244 g/mol. The topological polar surface area (TPSA) is 61.2 Å². The summed E-state index contributed by atoms with van der Waals surface area (Å²) in [7, 11) is -3.23. The number of nitriles is 1. The van der Waals surface area contributed by atoms with Crippen LogP contribution in [0.2, 0.25) is 0 Å². The van der Waals surface area contributed by atoms with Crippen molar-refractivity contribution in [2.45, 2.75) is 45.3 Å². The van der Waals surface area contributed by atoms with Gasteiger partial charge in [0.2, 0.25) is 10.0 Å². The van der Waals surface area contributed by atoms with E-state index < -0.39 is 14.8 Å². The van der Waals surface area contributed by atoms with Crippen LogP contribution in [0.1, 0.15) is 40.5 Å². The highest BCUT2D eigenvalue weighted by molar-refractivity contribution is 7.90. The Kier molecular flexibility index (Phi) is 3.37. The number of sulfonamides is 1. The number of nitrogens with zero attached hydrogens (tertiary/aromatic N) is 2. The van der Waals surface area contributed by atoms with E-state index in [0.717, 1.165) is 0 Å². The highest BCUT2D eigenvalue weighted by Crippen LogP contribution is 2.33. The summed E-state index contributed by atoms with van der Waals surface area (Å²) < 4.78 is 25.1. The molecule has 0 aromatic heterocycles. The molecule has 0 unspecified atom stereocenters. The minimum atomic E-state index is -3.23. The zero-order valence-electron chi connectivity index (χ0n) is 10.4. The zero-order chi connectivity index (χ0) is 12.6. The fourth-order valence-corrected chi connectivity index (χ4v) is 3.16. The third kappa shape index (κ3) is 2.38. The molecule has 0 saturated carbocycles. The summed E-state index contributed by atoms with van der Waals surface area (Å²) in [5.74, 6) is 0. The Hall–Kier alpha value is -0.600. The predicted octanol–water partition coefficient (Wildman–Crippen LogP) is 1.74. The number of hydrogen-bond donors (Lipinski definition) is 0. The lowest BCUT2D eigenvalue weighted by atomic mass is 9.83. The van der Waals surface area contributed by atoms with Gasteiger partial charge < -0.3 is 0 Å². The van der Waals surface area contributed by atoms with Gasteiger partial charge >= 0.3 is 0 Å². The second-order valence-electron chi connectivity index (χ2n) is 5.69. The van der Waals surface area contributed by atoms with Gasteiger partial charge in [-0.25, -0.2) is 12.7 Å². The van der Waals surface area contributed by atoms with Gasteiger partial charge in [-0.3, -0.25) is 0 Å². The van der Waals surface area contributed by atoms with Crippen molar-refractivity contribution >= 4 is 10.0 Å². The smallest absolute Gasteiger partial charge is 0.212 e. The average Bonchev–Trinajstić information content (AvgIpc) is 2.17. The SMILES string of the molecule is CC1(C#N)CCN(S(=O)(=O)C(C)(C)C)CC1.